The second-order valence-electron chi connectivity index (χ2n) is 2.67. The minimum Gasteiger partial charge on any atom is -0.406 e. The summed E-state index contributed by atoms with van der Waals surface area (Å²) < 4.78 is 63.7. The molecule has 0 radical (unpaired) electrons. The number of alkyl halides is 3. The van der Waals surface area contributed by atoms with Crippen molar-refractivity contribution in [3.05, 3.63) is 34.7 Å². The molecule has 92 valence electrons. The van der Waals surface area contributed by atoms with Crippen LogP contribution >= 0.6 is 0 Å². The lowest BCUT2D eigenvalue weighted by Gasteiger charge is -2.08. The quantitative estimate of drug-likeness (QED) is 0.478. The van der Waals surface area contributed by atoms with Gasteiger partial charge in [-0.1, -0.05) is 0 Å². The lowest BCUT2D eigenvalue weighted by Crippen LogP contribution is -2.17. The number of benzene rings is 1. The van der Waals surface area contributed by atoms with Gasteiger partial charge in [0.1, 0.15) is 5.75 Å². The molecule has 6 nitrogen and oxygen atoms in total. The first-order valence-corrected chi connectivity index (χ1v) is 5.36. The van der Waals surface area contributed by atoms with E-state index in [9.17, 15) is 21.6 Å². The average molecular weight is 267 g/mol. The molecule has 0 aliphatic carbocycles. The van der Waals surface area contributed by atoms with Crippen LogP contribution in [-0.4, -0.2) is 14.8 Å². The van der Waals surface area contributed by atoms with Gasteiger partial charge < -0.3 is 4.74 Å². The third kappa shape index (κ3) is 3.85. The molecule has 1 aromatic carbocycles. The number of nitrogens with zero attached hydrogens (tertiary/aromatic N) is 3. The highest BCUT2D eigenvalue weighted by Gasteiger charge is 2.31. The van der Waals surface area contributed by atoms with Crippen molar-refractivity contribution < 1.29 is 26.3 Å². The van der Waals surface area contributed by atoms with E-state index in [1.165, 1.54) is 0 Å². The summed E-state index contributed by atoms with van der Waals surface area (Å²) >= 11 is 0. The molecule has 17 heavy (non-hydrogen) atoms. The van der Waals surface area contributed by atoms with E-state index in [2.05, 4.69) is 14.2 Å². The molecule has 0 N–H and O–H groups in total. The number of rotatable bonds is 3. The smallest absolute Gasteiger partial charge is 0.406 e. The first-order valence-electron chi connectivity index (χ1n) is 3.92. The molecule has 1 rings (SSSR count). The molecule has 0 heterocycles. The van der Waals surface area contributed by atoms with Crippen LogP contribution in [0.25, 0.3) is 10.4 Å². The third-order valence-corrected chi connectivity index (χ3v) is 2.66. The second kappa shape index (κ2) is 4.52. The molecule has 0 fully saturated rings. The van der Waals surface area contributed by atoms with E-state index in [1.54, 1.807) is 0 Å². The maximum atomic E-state index is 11.8. The largest absolute Gasteiger partial charge is 0.573 e. The van der Waals surface area contributed by atoms with E-state index in [1.807, 2.05) is 0 Å². The Morgan fingerprint density at radius 1 is 1.24 bits per heavy atom. The van der Waals surface area contributed by atoms with Crippen LogP contribution < -0.4 is 4.74 Å². The van der Waals surface area contributed by atoms with Crippen molar-refractivity contribution in [2.75, 3.05) is 0 Å². The van der Waals surface area contributed by atoms with Crippen molar-refractivity contribution in [3.63, 3.8) is 0 Å². The Kier molecular flexibility index (Phi) is 3.49. The van der Waals surface area contributed by atoms with E-state index >= 15 is 0 Å². The molecule has 0 bridgehead atoms. The first-order chi connectivity index (χ1) is 7.74. The normalized spacial score (nSPS) is 11.7. The zero-order valence-electron chi connectivity index (χ0n) is 7.92. The zero-order valence-corrected chi connectivity index (χ0v) is 8.73. The topological polar surface area (TPSA) is 92.1 Å². The molecule has 0 aliphatic heterocycles. The van der Waals surface area contributed by atoms with E-state index in [4.69, 9.17) is 5.53 Å². The molecular weight excluding hydrogens is 263 g/mol. The molecule has 10 heteroatoms. The number of hydrogen-bond acceptors (Lipinski definition) is 3. The number of hydrogen-bond donors (Lipinski definition) is 0. The number of halogens is 3. The molecule has 0 amide bonds. The molecule has 0 saturated heterocycles. The SMILES string of the molecule is [N-]=[N+]=NS(=O)(=O)c1ccc(OC(F)(F)F)cc1. The highest BCUT2D eigenvalue weighted by atomic mass is 32.2. The Labute approximate surface area is 93.3 Å². The molecule has 0 aliphatic rings. The second-order valence-corrected chi connectivity index (χ2v) is 4.25. The van der Waals surface area contributed by atoms with Crippen molar-refractivity contribution in [1.29, 1.82) is 0 Å². The maximum absolute atomic E-state index is 11.8. The van der Waals surface area contributed by atoms with Crippen molar-refractivity contribution in [2.45, 2.75) is 11.3 Å². The number of sulfonamides is 1. The van der Waals surface area contributed by atoms with Crippen LogP contribution in [0.2, 0.25) is 0 Å². The van der Waals surface area contributed by atoms with Crippen molar-refractivity contribution in [1.82, 2.24) is 0 Å². The van der Waals surface area contributed by atoms with E-state index in [-0.39, 0.29) is 0 Å². The summed E-state index contributed by atoms with van der Waals surface area (Å²) in [6, 6.07) is 3.27. The fraction of sp³-hybridized carbons (Fsp3) is 0.143. The molecule has 0 saturated carbocycles. The monoisotopic (exact) mass is 267 g/mol. The predicted molar refractivity (Wildman–Crippen MR) is 49.5 cm³/mol. The van der Waals surface area contributed by atoms with Gasteiger partial charge in [-0.2, -0.15) is 0 Å². The predicted octanol–water partition coefficient (Wildman–Crippen LogP) is 2.58. The summed E-state index contributed by atoms with van der Waals surface area (Å²) in [6.45, 7) is 0. The van der Waals surface area contributed by atoms with Crippen LogP contribution in [0.1, 0.15) is 0 Å². The Morgan fingerprint density at radius 2 is 1.76 bits per heavy atom. The molecule has 0 atom stereocenters. The summed E-state index contributed by atoms with van der Waals surface area (Å²) in [7, 11) is -4.20. The van der Waals surface area contributed by atoms with Crippen molar-refractivity contribution in [2.24, 2.45) is 4.52 Å². The van der Waals surface area contributed by atoms with Crippen LogP contribution in [0.15, 0.2) is 33.7 Å². The Bertz CT molecular complexity index is 546. The van der Waals surface area contributed by atoms with E-state index in [0.29, 0.717) is 0 Å². The van der Waals surface area contributed by atoms with Gasteiger partial charge in [0, 0.05) is 9.43 Å². The molecule has 1 aromatic rings. The van der Waals surface area contributed by atoms with Gasteiger partial charge in [-0.25, -0.2) is 8.42 Å². The number of ether oxygens (including phenoxy) is 1. The molecule has 0 spiro atoms. The van der Waals surface area contributed by atoms with Gasteiger partial charge in [0.2, 0.25) is 0 Å². The molecular formula is C7H4F3N3O3S. The van der Waals surface area contributed by atoms with Gasteiger partial charge in [-0.15, -0.1) is 13.2 Å². The highest BCUT2D eigenvalue weighted by Crippen LogP contribution is 2.24. The first kappa shape index (κ1) is 13.1. The minimum absolute atomic E-state index is 0.426. The standard InChI is InChI=1S/C7H4F3N3O3S/c8-7(9,10)16-5-1-3-6(4-2-5)17(14,15)13-12-11/h1-4H. The lowest BCUT2D eigenvalue weighted by molar-refractivity contribution is -0.274. The van der Waals surface area contributed by atoms with Crippen molar-refractivity contribution in [3.8, 4) is 5.75 Å². The summed E-state index contributed by atoms with van der Waals surface area (Å²) in [5.74, 6) is -0.572. The Hall–Kier alpha value is -1.93. The summed E-state index contributed by atoms with van der Waals surface area (Å²) in [6.07, 6.45) is -4.86. The van der Waals surface area contributed by atoms with E-state index < -0.39 is 27.0 Å². The van der Waals surface area contributed by atoms with Gasteiger partial charge in [-0.05, 0) is 29.8 Å². The van der Waals surface area contributed by atoms with Gasteiger partial charge in [0.25, 0.3) is 10.0 Å². The van der Waals surface area contributed by atoms with Crippen molar-refractivity contribution >= 4 is 10.0 Å². The van der Waals surface area contributed by atoms with Gasteiger partial charge in [0.15, 0.2) is 0 Å². The van der Waals surface area contributed by atoms with E-state index in [0.717, 1.165) is 24.3 Å². The summed E-state index contributed by atoms with van der Waals surface area (Å²) in [5.41, 5.74) is 7.98. The van der Waals surface area contributed by atoms with Gasteiger partial charge in [-0.3, -0.25) is 0 Å². The van der Waals surface area contributed by atoms with Crippen LogP contribution in [0, 0.1) is 0 Å². The Balaban J connectivity index is 3.01. The average Bonchev–Trinajstić information content (AvgIpc) is 2.15. The van der Waals surface area contributed by atoms with Crippen LogP contribution in [0.3, 0.4) is 0 Å². The highest BCUT2D eigenvalue weighted by molar-refractivity contribution is 7.90. The fourth-order valence-corrected chi connectivity index (χ4v) is 1.58. The zero-order chi connectivity index (χ0) is 13.1. The van der Waals surface area contributed by atoms with Crippen LogP contribution in [0.4, 0.5) is 13.2 Å². The maximum Gasteiger partial charge on any atom is 0.573 e. The van der Waals surface area contributed by atoms with Gasteiger partial charge in [0.05, 0.1) is 4.90 Å². The fourth-order valence-electron chi connectivity index (χ4n) is 0.908. The minimum atomic E-state index is -4.86. The summed E-state index contributed by atoms with van der Waals surface area (Å²) in [4.78, 5) is 1.67. The lowest BCUT2D eigenvalue weighted by atomic mass is 10.3. The molecule has 0 aromatic heterocycles. The van der Waals surface area contributed by atoms with Crippen LogP contribution in [0.5, 0.6) is 5.75 Å². The molecule has 0 unspecified atom stereocenters. The Morgan fingerprint density at radius 3 is 2.18 bits per heavy atom. The third-order valence-electron chi connectivity index (χ3n) is 1.50. The van der Waals surface area contributed by atoms with Crippen LogP contribution in [-0.2, 0) is 10.0 Å². The summed E-state index contributed by atoms with van der Waals surface area (Å²) in [5, 5.41) is 0. The van der Waals surface area contributed by atoms with Gasteiger partial charge >= 0.3 is 6.36 Å². The number of azide groups is 1.